The summed E-state index contributed by atoms with van der Waals surface area (Å²) in [5, 5.41) is 0. The SMILES string of the molecule is CCCOC1CCCCC1OCCC. The average Bonchev–Trinajstić information content (AvgIpc) is 2.24. The van der Waals surface area contributed by atoms with E-state index in [1.807, 2.05) is 0 Å². The van der Waals surface area contributed by atoms with Crippen molar-refractivity contribution in [3.63, 3.8) is 0 Å². The van der Waals surface area contributed by atoms with Gasteiger partial charge in [-0.2, -0.15) is 0 Å². The maximum absolute atomic E-state index is 5.82. The second-order valence-electron chi connectivity index (χ2n) is 4.10. The summed E-state index contributed by atoms with van der Waals surface area (Å²) >= 11 is 0. The minimum Gasteiger partial charge on any atom is -0.376 e. The molecule has 2 heteroatoms. The third-order valence-corrected chi connectivity index (χ3v) is 2.71. The molecule has 0 radical (unpaired) electrons. The largest absolute Gasteiger partial charge is 0.376 e. The molecule has 0 aliphatic heterocycles. The van der Waals surface area contributed by atoms with Crippen molar-refractivity contribution in [1.82, 2.24) is 0 Å². The molecule has 0 aromatic heterocycles. The summed E-state index contributed by atoms with van der Waals surface area (Å²) in [4.78, 5) is 0. The maximum Gasteiger partial charge on any atom is 0.0836 e. The Hall–Kier alpha value is -0.0800. The van der Waals surface area contributed by atoms with E-state index < -0.39 is 0 Å². The molecule has 14 heavy (non-hydrogen) atoms. The van der Waals surface area contributed by atoms with Crippen LogP contribution < -0.4 is 0 Å². The Bertz CT molecular complexity index is 120. The predicted octanol–water partition coefficient (Wildman–Crippen LogP) is 3.15. The summed E-state index contributed by atoms with van der Waals surface area (Å²) < 4.78 is 11.6. The molecular formula is C12H24O2. The van der Waals surface area contributed by atoms with Crippen LogP contribution in [0, 0.1) is 0 Å². The third kappa shape index (κ3) is 3.97. The molecule has 1 saturated carbocycles. The lowest BCUT2D eigenvalue weighted by Crippen LogP contribution is -2.35. The van der Waals surface area contributed by atoms with Gasteiger partial charge in [-0.05, 0) is 25.7 Å². The minimum absolute atomic E-state index is 0.371. The van der Waals surface area contributed by atoms with Crippen LogP contribution in [0.4, 0.5) is 0 Å². The summed E-state index contributed by atoms with van der Waals surface area (Å²) in [6.07, 6.45) is 7.95. The van der Waals surface area contributed by atoms with E-state index in [2.05, 4.69) is 13.8 Å². The van der Waals surface area contributed by atoms with Crippen molar-refractivity contribution in [2.45, 2.75) is 64.6 Å². The average molecular weight is 200 g/mol. The molecule has 0 amide bonds. The van der Waals surface area contributed by atoms with Crippen molar-refractivity contribution in [1.29, 1.82) is 0 Å². The fourth-order valence-corrected chi connectivity index (χ4v) is 1.98. The molecular weight excluding hydrogens is 176 g/mol. The van der Waals surface area contributed by atoms with Gasteiger partial charge in [-0.3, -0.25) is 0 Å². The Morgan fingerprint density at radius 3 is 1.64 bits per heavy atom. The molecule has 2 atom stereocenters. The van der Waals surface area contributed by atoms with Crippen LogP contribution in [0.3, 0.4) is 0 Å². The smallest absolute Gasteiger partial charge is 0.0836 e. The lowest BCUT2D eigenvalue weighted by molar-refractivity contribution is -0.0918. The summed E-state index contributed by atoms with van der Waals surface area (Å²) in [5.41, 5.74) is 0. The first-order valence-electron chi connectivity index (χ1n) is 6.11. The Balaban J connectivity index is 2.26. The number of hydrogen-bond donors (Lipinski definition) is 0. The molecule has 2 unspecified atom stereocenters. The highest BCUT2D eigenvalue weighted by molar-refractivity contribution is 4.76. The molecule has 1 aliphatic carbocycles. The minimum atomic E-state index is 0.371. The van der Waals surface area contributed by atoms with Crippen LogP contribution in [0.2, 0.25) is 0 Å². The topological polar surface area (TPSA) is 18.5 Å². The van der Waals surface area contributed by atoms with Crippen LogP contribution in [-0.2, 0) is 9.47 Å². The van der Waals surface area contributed by atoms with Gasteiger partial charge in [0.2, 0.25) is 0 Å². The molecule has 2 nitrogen and oxygen atoms in total. The number of rotatable bonds is 6. The number of hydrogen-bond acceptors (Lipinski definition) is 2. The lowest BCUT2D eigenvalue weighted by Gasteiger charge is -2.31. The lowest BCUT2D eigenvalue weighted by atomic mass is 9.94. The van der Waals surface area contributed by atoms with E-state index in [-0.39, 0.29) is 0 Å². The zero-order valence-electron chi connectivity index (χ0n) is 9.63. The monoisotopic (exact) mass is 200 g/mol. The Morgan fingerprint density at radius 1 is 0.857 bits per heavy atom. The fraction of sp³-hybridized carbons (Fsp3) is 1.00. The molecule has 1 aliphatic rings. The summed E-state index contributed by atoms with van der Waals surface area (Å²) in [6, 6.07) is 0. The Labute approximate surface area is 88.0 Å². The van der Waals surface area contributed by atoms with Crippen molar-refractivity contribution in [2.75, 3.05) is 13.2 Å². The van der Waals surface area contributed by atoms with Crippen molar-refractivity contribution >= 4 is 0 Å². The summed E-state index contributed by atoms with van der Waals surface area (Å²) in [6.45, 7) is 6.09. The van der Waals surface area contributed by atoms with Gasteiger partial charge in [0.05, 0.1) is 12.2 Å². The van der Waals surface area contributed by atoms with Gasteiger partial charge in [0, 0.05) is 13.2 Å². The van der Waals surface area contributed by atoms with Crippen LogP contribution in [0.1, 0.15) is 52.4 Å². The van der Waals surface area contributed by atoms with Crippen molar-refractivity contribution in [2.24, 2.45) is 0 Å². The van der Waals surface area contributed by atoms with Gasteiger partial charge < -0.3 is 9.47 Å². The van der Waals surface area contributed by atoms with Crippen molar-refractivity contribution < 1.29 is 9.47 Å². The van der Waals surface area contributed by atoms with Gasteiger partial charge >= 0.3 is 0 Å². The molecule has 1 rings (SSSR count). The second-order valence-corrected chi connectivity index (χ2v) is 4.10. The maximum atomic E-state index is 5.82. The van der Waals surface area contributed by atoms with E-state index in [9.17, 15) is 0 Å². The van der Waals surface area contributed by atoms with E-state index >= 15 is 0 Å². The molecule has 0 aromatic rings. The summed E-state index contributed by atoms with van der Waals surface area (Å²) in [7, 11) is 0. The van der Waals surface area contributed by atoms with Crippen molar-refractivity contribution in [3.8, 4) is 0 Å². The Morgan fingerprint density at radius 2 is 1.29 bits per heavy atom. The Kier molecular flexibility index (Phi) is 6.20. The van der Waals surface area contributed by atoms with E-state index in [4.69, 9.17) is 9.47 Å². The van der Waals surface area contributed by atoms with Crippen molar-refractivity contribution in [3.05, 3.63) is 0 Å². The van der Waals surface area contributed by atoms with Gasteiger partial charge in [0.15, 0.2) is 0 Å². The first-order valence-corrected chi connectivity index (χ1v) is 6.11. The molecule has 0 bridgehead atoms. The fourth-order valence-electron chi connectivity index (χ4n) is 1.98. The van der Waals surface area contributed by atoms with Gasteiger partial charge in [-0.15, -0.1) is 0 Å². The first-order chi connectivity index (χ1) is 6.88. The van der Waals surface area contributed by atoms with Gasteiger partial charge in [-0.25, -0.2) is 0 Å². The summed E-state index contributed by atoms with van der Waals surface area (Å²) in [5.74, 6) is 0. The molecule has 0 aromatic carbocycles. The highest BCUT2D eigenvalue weighted by atomic mass is 16.5. The standard InChI is InChI=1S/C12H24O2/c1-3-9-13-11-7-5-6-8-12(11)14-10-4-2/h11-12H,3-10H2,1-2H3. The molecule has 1 fully saturated rings. The number of ether oxygens (including phenoxy) is 2. The van der Waals surface area contributed by atoms with Crippen LogP contribution in [0.25, 0.3) is 0 Å². The quantitative estimate of drug-likeness (QED) is 0.655. The second kappa shape index (κ2) is 7.24. The van der Waals surface area contributed by atoms with E-state index in [0.717, 1.165) is 26.1 Å². The zero-order valence-corrected chi connectivity index (χ0v) is 9.63. The van der Waals surface area contributed by atoms with Gasteiger partial charge in [0.1, 0.15) is 0 Å². The predicted molar refractivity (Wildman–Crippen MR) is 58.5 cm³/mol. The highest BCUT2D eigenvalue weighted by Gasteiger charge is 2.25. The normalized spacial score (nSPS) is 27.9. The van der Waals surface area contributed by atoms with E-state index in [0.29, 0.717) is 12.2 Å². The van der Waals surface area contributed by atoms with Crippen LogP contribution >= 0.6 is 0 Å². The highest BCUT2D eigenvalue weighted by Crippen LogP contribution is 2.24. The van der Waals surface area contributed by atoms with E-state index in [1.165, 1.54) is 25.7 Å². The van der Waals surface area contributed by atoms with Gasteiger partial charge in [0.25, 0.3) is 0 Å². The molecule has 0 heterocycles. The van der Waals surface area contributed by atoms with Crippen LogP contribution in [-0.4, -0.2) is 25.4 Å². The van der Waals surface area contributed by atoms with Crippen LogP contribution in [0.5, 0.6) is 0 Å². The zero-order chi connectivity index (χ0) is 10.2. The third-order valence-electron chi connectivity index (χ3n) is 2.71. The van der Waals surface area contributed by atoms with E-state index in [1.54, 1.807) is 0 Å². The van der Waals surface area contributed by atoms with Crippen LogP contribution in [0.15, 0.2) is 0 Å². The van der Waals surface area contributed by atoms with Gasteiger partial charge in [-0.1, -0.05) is 26.7 Å². The molecule has 0 saturated heterocycles. The molecule has 0 N–H and O–H groups in total. The first kappa shape index (κ1) is 12.0. The molecule has 0 spiro atoms. The molecule has 84 valence electrons.